The van der Waals surface area contributed by atoms with Crippen LogP contribution in [0.1, 0.15) is 0 Å². The summed E-state index contributed by atoms with van der Waals surface area (Å²) in [4.78, 5) is 0. The van der Waals surface area contributed by atoms with Gasteiger partial charge in [-0.1, -0.05) is 28.1 Å². The molecule has 88 valence electrons. The number of rotatable bonds is 3. The molecule has 1 aromatic carbocycles. The number of benzene rings is 1. The second-order valence-electron chi connectivity index (χ2n) is 2.94. The minimum Gasteiger partial charge on any atom is -0.859 e. The Hall–Kier alpha value is -0.0300. The van der Waals surface area contributed by atoms with E-state index in [4.69, 9.17) is 17.5 Å². The third-order valence-electron chi connectivity index (χ3n) is 1.83. The summed E-state index contributed by atoms with van der Waals surface area (Å²) in [6, 6.07) is 8.89. The van der Waals surface area contributed by atoms with E-state index in [1.807, 2.05) is 6.07 Å². The van der Waals surface area contributed by atoms with Crippen LogP contribution in [0, 0.1) is 11.3 Å². The zero-order valence-electron chi connectivity index (χ0n) is 9.86. The van der Waals surface area contributed by atoms with Gasteiger partial charge in [-0.3, -0.25) is 0 Å². The Bertz CT molecular complexity index is 497. The van der Waals surface area contributed by atoms with Gasteiger partial charge < -0.3 is 10.4 Å². The van der Waals surface area contributed by atoms with Gasteiger partial charge in [0.25, 0.3) is 0 Å². The molecule has 0 unspecified atom stereocenters. The van der Waals surface area contributed by atoms with Crippen molar-refractivity contribution < 1.29 is 34.7 Å². The van der Waals surface area contributed by atoms with Gasteiger partial charge in [-0.2, -0.15) is 5.26 Å². The third-order valence-corrected chi connectivity index (χ3v) is 3.64. The molecular weight excluding hydrogens is 343 g/mol. The molecule has 0 saturated heterocycles. The molecular formula is C11H8BrN2NaOS2. The normalized spacial score (nSPS) is 10.7. The molecule has 3 nitrogen and oxygen atoms in total. The second kappa shape index (κ2) is 8.97. The minimum absolute atomic E-state index is 0. The van der Waals surface area contributed by atoms with E-state index in [1.165, 1.54) is 11.8 Å². The van der Waals surface area contributed by atoms with Crippen molar-refractivity contribution in [2.75, 3.05) is 11.6 Å². The molecule has 1 N–H and O–H groups in total. The molecule has 0 aromatic heterocycles. The molecule has 7 heteroatoms. The van der Waals surface area contributed by atoms with Crippen molar-refractivity contribution in [3.8, 4) is 6.07 Å². The Morgan fingerprint density at radius 2 is 2.00 bits per heavy atom. The van der Waals surface area contributed by atoms with Gasteiger partial charge in [-0.05, 0) is 36.4 Å². The standard InChI is InChI=1S/C11H9BrN2OS2.Na/c1-17-11(16)9(6-13)10(15)14-8-4-2-7(12)3-5-8;/h2-5,14-15H,1H3;/q;+1/p-1/b10-9-;. The molecule has 0 heterocycles. The van der Waals surface area contributed by atoms with E-state index in [2.05, 4.69) is 21.2 Å². The summed E-state index contributed by atoms with van der Waals surface area (Å²) in [6.07, 6.45) is 1.73. The summed E-state index contributed by atoms with van der Waals surface area (Å²) in [5.41, 5.74) is 0.588. The molecule has 0 fully saturated rings. The van der Waals surface area contributed by atoms with Crippen LogP contribution >= 0.6 is 39.9 Å². The van der Waals surface area contributed by atoms with Gasteiger partial charge in [0.15, 0.2) is 0 Å². The van der Waals surface area contributed by atoms with Crippen LogP contribution < -0.4 is 40.0 Å². The number of thioether (sulfide) groups is 1. The fraction of sp³-hybridized carbons (Fsp3) is 0.0909. The Morgan fingerprint density at radius 1 is 1.44 bits per heavy atom. The van der Waals surface area contributed by atoms with Gasteiger partial charge in [-0.25, -0.2) is 0 Å². The van der Waals surface area contributed by atoms with Gasteiger partial charge in [-0.15, -0.1) is 11.8 Å². The van der Waals surface area contributed by atoms with Crippen molar-refractivity contribution in [2.24, 2.45) is 0 Å². The first-order valence-corrected chi connectivity index (χ1v) is 6.93. The summed E-state index contributed by atoms with van der Waals surface area (Å²) in [7, 11) is 0. The van der Waals surface area contributed by atoms with Crippen molar-refractivity contribution >= 4 is 49.8 Å². The van der Waals surface area contributed by atoms with Crippen LogP contribution in [0.3, 0.4) is 0 Å². The van der Waals surface area contributed by atoms with Crippen molar-refractivity contribution in [3.63, 3.8) is 0 Å². The molecule has 0 aliphatic carbocycles. The van der Waals surface area contributed by atoms with Gasteiger partial charge in [0, 0.05) is 10.2 Å². The Balaban J connectivity index is 0.00000289. The van der Waals surface area contributed by atoms with E-state index in [-0.39, 0.29) is 35.1 Å². The molecule has 0 saturated carbocycles. The number of nitrogens with zero attached hydrogens (tertiary/aromatic N) is 1. The molecule has 0 aliphatic heterocycles. The van der Waals surface area contributed by atoms with Crippen LogP contribution in [0.15, 0.2) is 40.2 Å². The summed E-state index contributed by atoms with van der Waals surface area (Å²) < 4.78 is 1.21. The van der Waals surface area contributed by atoms with E-state index in [0.717, 1.165) is 4.47 Å². The van der Waals surface area contributed by atoms with Crippen molar-refractivity contribution in [1.29, 1.82) is 5.26 Å². The van der Waals surface area contributed by atoms with Crippen LogP contribution in [0.2, 0.25) is 0 Å². The van der Waals surface area contributed by atoms with Gasteiger partial charge in [0.05, 0.1) is 9.77 Å². The average molecular weight is 351 g/mol. The van der Waals surface area contributed by atoms with E-state index in [9.17, 15) is 5.11 Å². The van der Waals surface area contributed by atoms with Crippen molar-refractivity contribution in [3.05, 3.63) is 40.2 Å². The van der Waals surface area contributed by atoms with Crippen LogP contribution in [0.25, 0.3) is 0 Å². The maximum atomic E-state index is 11.7. The predicted octanol–water partition coefficient (Wildman–Crippen LogP) is -0.349. The van der Waals surface area contributed by atoms with E-state index in [0.29, 0.717) is 9.88 Å². The fourth-order valence-corrected chi connectivity index (χ4v) is 1.76. The predicted molar refractivity (Wildman–Crippen MR) is 76.5 cm³/mol. The van der Waals surface area contributed by atoms with E-state index in [1.54, 1.807) is 30.5 Å². The summed E-state index contributed by atoms with van der Waals surface area (Å²) >= 11 is 9.42. The fourth-order valence-electron chi connectivity index (χ4n) is 1.02. The van der Waals surface area contributed by atoms with Crippen LogP contribution in [0.4, 0.5) is 5.69 Å². The number of nitrogens with one attached hydrogen (secondary N) is 1. The van der Waals surface area contributed by atoms with Crippen LogP contribution in [-0.4, -0.2) is 10.5 Å². The zero-order chi connectivity index (χ0) is 12.8. The molecule has 0 bridgehead atoms. The first-order chi connectivity index (χ1) is 8.08. The van der Waals surface area contributed by atoms with Crippen molar-refractivity contribution in [1.82, 2.24) is 0 Å². The van der Waals surface area contributed by atoms with Gasteiger partial charge >= 0.3 is 29.6 Å². The summed E-state index contributed by atoms with van der Waals surface area (Å²) in [6.45, 7) is 0. The number of hydrogen-bond donors (Lipinski definition) is 1. The van der Waals surface area contributed by atoms with Crippen molar-refractivity contribution in [2.45, 2.75) is 0 Å². The quantitative estimate of drug-likeness (QED) is 0.265. The molecule has 0 spiro atoms. The van der Waals surface area contributed by atoms with Crippen LogP contribution in [-0.2, 0) is 0 Å². The number of thiocarbonyl (C=S) groups is 1. The monoisotopic (exact) mass is 350 g/mol. The first kappa shape index (κ1) is 18.0. The van der Waals surface area contributed by atoms with E-state index < -0.39 is 5.88 Å². The van der Waals surface area contributed by atoms with Gasteiger partial charge in [0.2, 0.25) is 0 Å². The number of halogens is 1. The third kappa shape index (κ3) is 5.31. The topological polar surface area (TPSA) is 58.9 Å². The second-order valence-corrected chi connectivity index (χ2v) is 5.34. The molecule has 1 rings (SSSR count). The number of anilines is 1. The molecule has 0 amide bonds. The molecule has 0 radical (unpaired) electrons. The Labute approximate surface area is 146 Å². The average Bonchev–Trinajstić information content (AvgIpc) is 2.32. The number of hydrogen-bond acceptors (Lipinski definition) is 5. The Kier molecular flexibility index (Phi) is 8.95. The molecule has 0 aliphatic rings. The maximum Gasteiger partial charge on any atom is 1.00 e. The number of nitriles is 1. The molecule has 0 atom stereocenters. The Morgan fingerprint density at radius 3 is 2.44 bits per heavy atom. The first-order valence-electron chi connectivity index (χ1n) is 4.50. The zero-order valence-corrected chi connectivity index (χ0v) is 15.1. The largest absolute Gasteiger partial charge is 1.00 e. The van der Waals surface area contributed by atoms with Crippen LogP contribution in [0.5, 0.6) is 0 Å². The summed E-state index contributed by atoms with van der Waals surface area (Å²) in [5, 5.41) is 23.2. The minimum atomic E-state index is -0.478. The van der Waals surface area contributed by atoms with E-state index >= 15 is 0 Å². The van der Waals surface area contributed by atoms with Gasteiger partial charge in [0.1, 0.15) is 6.07 Å². The maximum absolute atomic E-state index is 11.7. The molecule has 18 heavy (non-hydrogen) atoms. The summed E-state index contributed by atoms with van der Waals surface area (Å²) in [5.74, 6) is -0.478. The SMILES string of the molecule is CSC(=S)/C(C#N)=C(\[O-])Nc1ccc(Br)cc1.[Na+]. The molecule has 1 aromatic rings. The smallest absolute Gasteiger partial charge is 0.859 e.